The van der Waals surface area contributed by atoms with Gasteiger partial charge in [-0.05, 0) is 25.0 Å². The number of benzene rings is 1. The smallest absolute Gasteiger partial charge is 0.201 e. The third kappa shape index (κ3) is 1.99. The SMILES string of the molecule is CCCC(CC)n1c(N)nc2cccc(F)c21. The maximum Gasteiger partial charge on any atom is 0.201 e. The third-order valence-corrected chi connectivity index (χ3v) is 3.15. The first-order valence-corrected chi connectivity index (χ1v) is 6.11. The lowest BCUT2D eigenvalue weighted by Crippen LogP contribution is -2.11. The van der Waals surface area contributed by atoms with Crippen molar-refractivity contribution < 1.29 is 4.39 Å². The van der Waals surface area contributed by atoms with Gasteiger partial charge in [0.1, 0.15) is 11.3 Å². The lowest BCUT2D eigenvalue weighted by molar-refractivity contribution is 0.458. The van der Waals surface area contributed by atoms with Gasteiger partial charge < -0.3 is 10.3 Å². The van der Waals surface area contributed by atoms with E-state index in [1.165, 1.54) is 6.07 Å². The molecule has 0 saturated carbocycles. The summed E-state index contributed by atoms with van der Waals surface area (Å²) in [6, 6.07) is 5.14. The summed E-state index contributed by atoms with van der Waals surface area (Å²) in [5.41, 5.74) is 7.08. The highest BCUT2D eigenvalue weighted by molar-refractivity contribution is 5.79. The Labute approximate surface area is 100 Å². The summed E-state index contributed by atoms with van der Waals surface area (Å²) in [7, 11) is 0. The molecule has 1 aromatic heterocycles. The zero-order valence-electron chi connectivity index (χ0n) is 10.3. The summed E-state index contributed by atoms with van der Waals surface area (Å²) in [5.74, 6) is 0.159. The van der Waals surface area contributed by atoms with Gasteiger partial charge in [-0.1, -0.05) is 26.3 Å². The molecule has 0 aliphatic carbocycles. The third-order valence-electron chi connectivity index (χ3n) is 3.15. The average molecular weight is 235 g/mol. The van der Waals surface area contributed by atoms with Gasteiger partial charge in [-0.3, -0.25) is 0 Å². The number of halogens is 1. The summed E-state index contributed by atoms with van der Waals surface area (Å²) < 4.78 is 15.7. The van der Waals surface area contributed by atoms with Crippen molar-refractivity contribution in [2.75, 3.05) is 5.73 Å². The van der Waals surface area contributed by atoms with E-state index in [4.69, 9.17) is 5.73 Å². The van der Waals surface area contributed by atoms with Crippen LogP contribution in [0.5, 0.6) is 0 Å². The van der Waals surface area contributed by atoms with Crippen LogP contribution in [0.4, 0.5) is 10.3 Å². The van der Waals surface area contributed by atoms with Crippen molar-refractivity contribution >= 4 is 17.0 Å². The highest BCUT2D eigenvalue weighted by Crippen LogP contribution is 2.29. The van der Waals surface area contributed by atoms with Crippen molar-refractivity contribution in [2.45, 2.75) is 39.2 Å². The Balaban J connectivity index is 2.62. The van der Waals surface area contributed by atoms with Gasteiger partial charge in [-0.25, -0.2) is 9.37 Å². The Kier molecular flexibility index (Phi) is 3.31. The van der Waals surface area contributed by atoms with Crippen LogP contribution in [0, 0.1) is 5.82 Å². The van der Waals surface area contributed by atoms with Gasteiger partial charge in [-0.2, -0.15) is 0 Å². The minimum absolute atomic E-state index is 0.224. The van der Waals surface area contributed by atoms with Crippen LogP contribution in [0.2, 0.25) is 0 Å². The van der Waals surface area contributed by atoms with E-state index in [9.17, 15) is 4.39 Å². The molecular formula is C13H18FN3. The Morgan fingerprint density at radius 2 is 2.18 bits per heavy atom. The fraction of sp³-hybridized carbons (Fsp3) is 0.462. The standard InChI is InChI=1S/C13H18FN3/c1-3-6-9(4-2)17-12-10(14)7-5-8-11(12)16-13(17)15/h5,7-9H,3-4,6H2,1-2H3,(H2,15,16). The molecule has 2 N–H and O–H groups in total. The summed E-state index contributed by atoms with van der Waals surface area (Å²) in [5, 5.41) is 0. The van der Waals surface area contributed by atoms with Gasteiger partial charge in [-0.15, -0.1) is 0 Å². The quantitative estimate of drug-likeness (QED) is 0.881. The van der Waals surface area contributed by atoms with Crippen LogP contribution >= 0.6 is 0 Å². The van der Waals surface area contributed by atoms with E-state index in [0.717, 1.165) is 19.3 Å². The molecule has 1 aromatic carbocycles. The van der Waals surface area contributed by atoms with E-state index in [-0.39, 0.29) is 11.9 Å². The van der Waals surface area contributed by atoms with Crippen molar-refractivity contribution in [2.24, 2.45) is 0 Å². The summed E-state index contributed by atoms with van der Waals surface area (Å²) in [6.45, 7) is 4.21. The van der Waals surface area contributed by atoms with Crippen LogP contribution in [0.3, 0.4) is 0 Å². The fourth-order valence-electron chi connectivity index (χ4n) is 2.34. The van der Waals surface area contributed by atoms with Crippen LogP contribution < -0.4 is 5.73 Å². The molecule has 0 saturated heterocycles. The lowest BCUT2D eigenvalue weighted by atomic mass is 10.1. The number of fused-ring (bicyclic) bond motifs is 1. The number of imidazole rings is 1. The predicted molar refractivity (Wildman–Crippen MR) is 68.3 cm³/mol. The summed E-state index contributed by atoms with van der Waals surface area (Å²) in [6.07, 6.45) is 2.96. The topological polar surface area (TPSA) is 43.8 Å². The van der Waals surface area contributed by atoms with Crippen LogP contribution in [-0.4, -0.2) is 9.55 Å². The van der Waals surface area contributed by atoms with Gasteiger partial charge in [0.2, 0.25) is 5.95 Å². The fourth-order valence-corrected chi connectivity index (χ4v) is 2.34. The molecular weight excluding hydrogens is 217 g/mol. The number of rotatable bonds is 4. The molecule has 2 rings (SSSR count). The van der Waals surface area contributed by atoms with Gasteiger partial charge in [0.25, 0.3) is 0 Å². The average Bonchev–Trinajstić information content (AvgIpc) is 2.64. The molecule has 3 nitrogen and oxygen atoms in total. The maximum atomic E-state index is 13.9. The van der Waals surface area contributed by atoms with Gasteiger partial charge >= 0.3 is 0 Å². The highest BCUT2D eigenvalue weighted by Gasteiger charge is 2.18. The number of aromatic nitrogens is 2. The molecule has 1 unspecified atom stereocenters. The second-order valence-electron chi connectivity index (χ2n) is 4.30. The monoisotopic (exact) mass is 235 g/mol. The zero-order valence-corrected chi connectivity index (χ0v) is 10.3. The Morgan fingerprint density at radius 3 is 2.82 bits per heavy atom. The zero-order chi connectivity index (χ0) is 12.4. The first-order chi connectivity index (χ1) is 8.19. The molecule has 0 aliphatic rings. The second-order valence-corrected chi connectivity index (χ2v) is 4.30. The molecule has 2 aromatic rings. The number of hydrogen-bond donors (Lipinski definition) is 1. The predicted octanol–water partition coefficient (Wildman–Crippen LogP) is 3.51. The molecule has 92 valence electrons. The molecule has 0 amide bonds. The maximum absolute atomic E-state index is 13.9. The lowest BCUT2D eigenvalue weighted by Gasteiger charge is -2.18. The number of para-hydroxylation sites is 1. The molecule has 17 heavy (non-hydrogen) atoms. The van der Waals surface area contributed by atoms with E-state index in [1.54, 1.807) is 12.1 Å². The number of hydrogen-bond acceptors (Lipinski definition) is 2. The number of nitrogens with zero attached hydrogens (tertiary/aromatic N) is 2. The minimum atomic E-state index is -0.249. The molecule has 0 bridgehead atoms. The second kappa shape index (κ2) is 4.73. The van der Waals surface area contributed by atoms with E-state index >= 15 is 0 Å². The van der Waals surface area contributed by atoms with Crippen LogP contribution in [0.1, 0.15) is 39.2 Å². The number of anilines is 1. The molecule has 1 heterocycles. The van der Waals surface area contributed by atoms with Crippen molar-refractivity contribution in [1.82, 2.24) is 9.55 Å². The Morgan fingerprint density at radius 1 is 1.41 bits per heavy atom. The van der Waals surface area contributed by atoms with Crippen LogP contribution in [0.25, 0.3) is 11.0 Å². The van der Waals surface area contributed by atoms with Crippen LogP contribution in [0.15, 0.2) is 18.2 Å². The van der Waals surface area contributed by atoms with Crippen molar-refractivity contribution in [1.29, 1.82) is 0 Å². The van der Waals surface area contributed by atoms with Gasteiger partial charge in [0, 0.05) is 6.04 Å². The highest BCUT2D eigenvalue weighted by atomic mass is 19.1. The molecule has 0 spiro atoms. The normalized spacial score (nSPS) is 13.1. The number of nitrogens with two attached hydrogens (primary N) is 1. The van der Waals surface area contributed by atoms with Crippen molar-refractivity contribution in [3.8, 4) is 0 Å². The van der Waals surface area contributed by atoms with E-state index in [1.807, 2.05) is 4.57 Å². The Bertz CT molecular complexity index is 519. The van der Waals surface area contributed by atoms with Crippen LogP contribution in [-0.2, 0) is 0 Å². The van der Waals surface area contributed by atoms with Crippen molar-refractivity contribution in [3.05, 3.63) is 24.0 Å². The first kappa shape index (κ1) is 11.9. The molecule has 1 atom stereocenters. The molecule has 0 aliphatic heterocycles. The van der Waals surface area contributed by atoms with E-state index < -0.39 is 0 Å². The first-order valence-electron chi connectivity index (χ1n) is 6.11. The van der Waals surface area contributed by atoms with E-state index in [2.05, 4.69) is 18.8 Å². The largest absolute Gasteiger partial charge is 0.369 e. The van der Waals surface area contributed by atoms with Gasteiger partial charge in [0.05, 0.1) is 5.52 Å². The molecule has 4 heteroatoms. The Hall–Kier alpha value is -1.58. The minimum Gasteiger partial charge on any atom is -0.369 e. The summed E-state index contributed by atoms with van der Waals surface area (Å²) in [4.78, 5) is 4.23. The molecule has 0 fully saturated rings. The number of nitrogen functional groups attached to an aromatic ring is 1. The molecule has 0 radical (unpaired) electrons. The van der Waals surface area contributed by atoms with Crippen molar-refractivity contribution in [3.63, 3.8) is 0 Å². The van der Waals surface area contributed by atoms with E-state index in [0.29, 0.717) is 17.0 Å². The van der Waals surface area contributed by atoms with Gasteiger partial charge in [0.15, 0.2) is 0 Å². The summed E-state index contributed by atoms with van der Waals surface area (Å²) >= 11 is 0.